The number of nitrogens with zero attached hydrogens (tertiary/aromatic N) is 3. The highest BCUT2D eigenvalue weighted by molar-refractivity contribution is 5.80. The van der Waals surface area contributed by atoms with Crippen LogP contribution in [0.5, 0.6) is 0 Å². The minimum atomic E-state index is 0.00308. The maximum absolute atomic E-state index is 13.2. The van der Waals surface area contributed by atoms with Crippen molar-refractivity contribution >= 4 is 11.7 Å². The smallest absolute Gasteiger partial charge is 0.225 e. The summed E-state index contributed by atoms with van der Waals surface area (Å²) in [4.78, 5) is 24.0. The summed E-state index contributed by atoms with van der Waals surface area (Å²) >= 11 is 0. The molecule has 1 saturated carbocycles. The van der Waals surface area contributed by atoms with Crippen molar-refractivity contribution in [1.29, 1.82) is 0 Å². The van der Waals surface area contributed by atoms with E-state index in [0.29, 0.717) is 0 Å². The Kier molecular flexibility index (Phi) is 6.75. The predicted octanol–water partition coefficient (Wildman–Crippen LogP) is 4.52. The lowest BCUT2D eigenvalue weighted by molar-refractivity contribution is -0.126. The molecular formula is C24H32N4O. The maximum Gasteiger partial charge on any atom is 0.225 e. The number of hydrogen-bond acceptors (Lipinski definition) is 4. The highest BCUT2D eigenvalue weighted by atomic mass is 16.2. The van der Waals surface area contributed by atoms with Crippen molar-refractivity contribution in [3.05, 3.63) is 54.5 Å². The number of benzene rings is 1. The SMILES string of the molecule is O=C(NC(CC1CCCCC1)c1ccccc1)C1CCCN(c2cnccn2)C1. The van der Waals surface area contributed by atoms with Crippen molar-refractivity contribution in [2.24, 2.45) is 11.8 Å². The first-order valence-electron chi connectivity index (χ1n) is 11.2. The van der Waals surface area contributed by atoms with E-state index in [0.717, 1.165) is 44.1 Å². The predicted molar refractivity (Wildman–Crippen MR) is 115 cm³/mol. The first-order chi connectivity index (χ1) is 14.3. The first kappa shape index (κ1) is 19.9. The van der Waals surface area contributed by atoms with Crippen LogP contribution in [0.4, 0.5) is 5.82 Å². The fourth-order valence-corrected chi connectivity index (χ4v) is 4.86. The Morgan fingerprint density at radius 2 is 1.90 bits per heavy atom. The maximum atomic E-state index is 13.2. The zero-order chi connectivity index (χ0) is 19.9. The summed E-state index contributed by atoms with van der Waals surface area (Å²) in [5.74, 6) is 1.77. The summed E-state index contributed by atoms with van der Waals surface area (Å²) in [5, 5.41) is 3.42. The van der Waals surface area contributed by atoms with Crippen LogP contribution in [0.3, 0.4) is 0 Å². The Morgan fingerprint density at radius 3 is 2.66 bits per heavy atom. The van der Waals surface area contributed by atoms with Crippen LogP contribution in [-0.2, 0) is 4.79 Å². The molecule has 1 saturated heterocycles. The highest BCUT2D eigenvalue weighted by Gasteiger charge is 2.29. The van der Waals surface area contributed by atoms with Crippen LogP contribution < -0.4 is 10.2 Å². The first-order valence-corrected chi connectivity index (χ1v) is 11.2. The Bertz CT molecular complexity index is 761. The third kappa shape index (κ3) is 5.34. The third-order valence-corrected chi connectivity index (χ3v) is 6.48. The van der Waals surface area contributed by atoms with Gasteiger partial charge in [0.1, 0.15) is 5.82 Å². The van der Waals surface area contributed by atoms with Crippen LogP contribution in [0.2, 0.25) is 0 Å². The standard InChI is InChI=1S/C24H32N4O/c29-24(21-12-7-15-28(18-21)23-17-25-13-14-26-23)27-22(20-10-5-2-6-11-20)16-19-8-3-1-4-9-19/h2,5-6,10-11,13-14,17,19,21-22H,1,3-4,7-9,12,15-16,18H2,(H,27,29). The second kappa shape index (κ2) is 9.86. The number of piperidine rings is 1. The van der Waals surface area contributed by atoms with Crippen LogP contribution in [0.1, 0.15) is 63.0 Å². The van der Waals surface area contributed by atoms with Crippen LogP contribution in [-0.4, -0.2) is 29.0 Å². The summed E-state index contributed by atoms with van der Waals surface area (Å²) in [6.45, 7) is 1.65. The zero-order valence-corrected chi connectivity index (χ0v) is 17.2. The summed E-state index contributed by atoms with van der Waals surface area (Å²) < 4.78 is 0. The second-order valence-corrected chi connectivity index (χ2v) is 8.56. The Balaban J connectivity index is 1.42. The van der Waals surface area contributed by atoms with E-state index in [-0.39, 0.29) is 17.9 Å². The van der Waals surface area contributed by atoms with Crippen molar-refractivity contribution in [2.75, 3.05) is 18.0 Å². The van der Waals surface area contributed by atoms with Gasteiger partial charge in [-0.05, 0) is 30.7 Å². The van der Waals surface area contributed by atoms with E-state index < -0.39 is 0 Å². The molecule has 0 bridgehead atoms. The summed E-state index contributed by atoms with van der Waals surface area (Å²) in [6.07, 6.45) is 14.8. The number of anilines is 1. The third-order valence-electron chi connectivity index (χ3n) is 6.48. The molecular weight excluding hydrogens is 360 g/mol. The molecule has 1 aliphatic heterocycles. The molecule has 1 aromatic heterocycles. The van der Waals surface area contributed by atoms with Crippen LogP contribution in [0.15, 0.2) is 48.9 Å². The monoisotopic (exact) mass is 392 g/mol. The molecule has 2 atom stereocenters. The van der Waals surface area contributed by atoms with Crippen molar-refractivity contribution in [2.45, 2.75) is 57.4 Å². The molecule has 5 heteroatoms. The molecule has 0 radical (unpaired) electrons. The fourth-order valence-electron chi connectivity index (χ4n) is 4.86. The van der Waals surface area contributed by atoms with Gasteiger partial charge in [0.2, 0.25) is 5.91 Å². The fraction of sp³-hybridized carbons (Fsp3) is 0.542. The molecule has 29 heavy (non-hydrogen) atoms. The lowest BCUT2D eigenvalue weighted by atomic mass is 9.83. The average molecular weight is 393 g/mol. The molecule has 2 heterocycles. The van der Waals surface area contributed by atoms with Gasteiger partial charge < -0.3 is 10.2 Å². The molecule has 2 fully saturated rings. The van der Waals surface area contributed by atoms with E-state index in [1.54, 1.807) is 18.6 Å². The summed E-state index contributed by atoms with van der Waals surface area (Å²) in [5.41, 5.74) is 1.23. The lowest BCUT2D eigenvalue weighted by Gasteiger charge is -2.34. The summed E-state index contributed by atoms with van der Waals surface area (Å²) in [6, 6.07) is 10.6. The molecule has 2 unspecified atom stereocenters. The van der Waals surface area contributed by atoms with E-state index in [4.69, 9.17) is 0 Å². The van der Waals surface area contributed by atoms with E-state index >= 15 is 0 Å². The molecule has 154 valence electrons. The van der Waals surface area contributed by atoms with Crippen molar-refractivity contribution in [1.82, 2.24) is 15.3 Å². The van der Waals surface area contributed by atoms with E-state index in [1.807, 2.05) is 6.07 Å². The molecule has 1 N–H and O–H groups in total. The molecule has 5 nitrogen and oxygen atoms in total. The zero-order valence-electron chi connectivity index (χ0n) is 17.2. The van der Waals surface area contributed by atoms with Gasteiger partial charge in [0.25, 0.3) is 0 Å². The van der Waals surface area contributed by atoms with Crippen molar-refractivity contribution in [3.63, 3.8) is 0 Å². The molecule has 1 amide bonds. The second-order valence-electron chi connectivity index (χ2n) is 8.56. The number of hydrogen-bond donors (Lipinski definition) is 1. The van der Waals surface area contributed by atoms with Gasteiger partial charge in [-0.15, -0.1) is 0 Å². The van der Waals surface area contributed by atoms with Gasteiger partial charge in [0.05, 0.1) is 18.2 Å². The Morgan fingerprint density at radius 1 is 1.07 bits per heavy atom. The number of carbonyl (C=O) groups is 1. The average Bonchev–Trinajstić information content (AvgIpc) is 2.80. The van der Waals surface area contributed by atoms with E-state index in [2.05, 4.69) is 44.5 Å². The molecule has 2 aliphatic rings. The number of carbonyl (C=O) groups excluding carboxylic acids is 1. The van der Waals surface area contributed by atoms with Gasteiger partial charge in [0, 0.05) is 25.5 Å². The quantitative estimate of drug-likeness (QED) is 0.785. The van der Waals surface area contributed by atoms with Crippen molar-refractivity contribution < 1.29 is 4.79 Å². The van der Waals surface area contributed by atoms with Crippen LogP contribution in [0.25, 0.3) is 0 Å². The van der Waals surface area contributed by atoms with Crippen molar-refractivity contribution in [3.8, 4) is 0 Å². The number of aromatic nitrogens is 2. The molecule has 0 spiro atoms. The van der Waals surface area contributed by atoms with E-state index in [1.165, 1.54) is 37.7 Å². The van der Waals surface area contributed by atoms with Crippen LogP contribution in [0, 0.1) is 11.8 Å². The molecule has 2 aromatic rings. The Hall–Kier alpha value is -2.43. The van der Waals surface area contributed by atoms with Gasteiger partial charge in [-0.2, -0.15) is 0 Å². The summed E-state index contributed by atoms with van der Waals surface area (Å²) in [7, 11) is 0. The topological polar surface area (TPSA) is 58.1 Å². The lowest BCUT2D eigenvalue weighted by Crippen LogP contribution is -2.44. The number of nitrogens with one attached hydrogen (secondary N) is 1. The van der Waals surface area contributed by atoms with Gasteiger partial charge in [-0.1, -0.05) is 62.4 Å². The van der Waals surface area contributed by atoms with Crippen LogP contribution >= 0.6 is 0 Å². The largest absolute Gasteiger partial charge is 0.355 e. The van der Waals surface area contributed by atoms with Gasteiger partial charge in [0.15, 0.2) is 0 Å². The molecule has 1 aromatic carbocycles. The van der Waals surface area contributed by atoms with Gasteiger partial charge in [-0.25, -0.2) is 4.98 Å². The minimum absolute atomic E-state index is 0.00308. The normalized spacial score (nSPS) is 21.5. The Labute approximate surface area is 173 Å². The van der Waals surface area contributed by atoms with Gasteiger partial charge >= 0.3 is 0 Å². The highest BCUT2D eigenvalue weighted by Crippen LogP contribution is 2.32. The minimum Gasteiger partial charge on any atom is -0.355 e. The number of amides is 1. The van der Waals surface area contributed by atoms with Gasteiger partial charge in [-0.3, -0.25) is 9.78 Å². The number of rotatable bonds is 6. The molecule has 1 aliphatic carbocycles. The van der Waals surface area contributed by atoms with E-state index in [9.17, 15) is 4.79 Å². The molecule has 4 rings (SSSR count).